The minimum atomic E-state index is -0.298. The molecule has 4 heteroatoms. The van der Waals surface area contributed by atoms with Crippen molar-refractivity contribution in [3.05, 3.63) is 78.5 Å². The molecule has 0 unspecified atom stereocenters. The summed E-state index contributed by atoms with van der Waals surface area (Å²) in [5.41, 5.74) is 3.60. The number of para-hydroxylation sites is 2. The number of anilines is 2. The van der Waals surface area contributed by atoms with Gasteiger partial charge in [-0.05, 0) is 23.8 Å². The van der Waals surface area contributed by atoms with Gasteiger partial charge in [-0.2, -0.15) is 0 Å². The van der Waals surface area contributed by atoms with Gasteiger partial charge in [0.05, 0.1) is 11.3 Å². The number of hydrogen-bond acceptors (Lipinski definition) is 3. The van der Waals surface area contributed by atoms with Gasteiger partial charge in [-0.3, -0.25) is 4.79 Å². The van der Waals surface area contributed by atoms with Gasteiger partial charge in [0.1, 0.15) is 0 Å². The highest BCUT2D eigenvalue weighted by Gasteiger charge is 2.24. The van der Waals surface area contributed by atoms with Gasteiger partial charge in [-0.1, -0.05) is 43.0 Å². The first-order chi connectivity index (χ1) is 10.2. The molecule has 0 saturated carbocycles. The van der Waals surface area contributed by atoms with Gasteiger partial charge in [0.15, 0.2) is 0 Å². The van der Waals surface area contributed by atoms with Crippen LogP contribution in [0, 0.1) is 0 Å². The van der Waals surface area contributed by atoms with Gasteiger partial charge in [-0.25, -0.2) is 10.9 Å². The SMILES string of the molecule is C=C1C(C(=O)N(N)c2ccccc2)=CNc2ccccc21. The topological polar surface area (TPSA) is 58.4 Å². The lowest BCUT2D eigenvalue weighted by molar-refractivity contribution is -0.114. The summed E-state index contributed by atoms with van der Waals surface area (Å²) in [6.45, 7) is 4.02. The second-order valence-corrected chi connectivity index (χ2v) is 4.74. The summed E-state index contributed by atoms with van der Waals surface area (Å²) < 4.78 is 0. The first-order valence-electron chi connectivity index (χ1n) is 6.58. The van der Waals surface area contributed by atoms with Crippen molar-refractivity contribution in [1.29, 1.82) is 0 Å². The van der Waals surface area contributed by atoms with E-state index in [0.717, 1.165) is 16.3 Å². The lowest BCUT2D eigenvalue weighted by Gasteiger charge is -2.24. The van der Waals surface area contributed by atoms with Crippen LogP contribution in [0.5, 0.6) is 0 Å². The lowest BCUT2D eigenvalue weighted by atomic mass is 9.95. The van der Waals surface area contributed by atoms with Gasteiger partial charge >= 0.3 is 0 Å². The number of fused-ring (bicyclic) bond motifs is 1. The van der Waals surface area contributed by atoms with Gasteiger partial charge < -0.3 is 5.32 Å². The van der Waals surface area contributed by atoms with Crippen LogP contribution in [0.4, 0.5) is 11.4 Å². The monoisotopic (exact) mass is 277 g/mol. The molecule has 21 heavy (non-hydrogen) atoms. The van der Waals surface area contributed by atoms with Crippen molar-refractivity contribution >= 4 is 22.9 Å². The molecule has 0 spiro atoms. The second-order valence-electron chi connectivity index (χ2n) is 4.74. The molecule has 1 aliphatic rings. The molecule has 0 atom stereocenters. The molecule has 2 aromatic carbocycles. The minimum absolute atomic E-state index is 0.298. The third-order valence-electron chi connectivity index (χ3n) is 3.43. The van der Waals surface area contributed by atoms with E-state index in [1.807, 2.05) is 42.5 Å². The largest absolute Gasteiger partial charge is 0.360 e. The number of carbonyl (C=O) groups is 1. The Balaban J connectivity index is 1.90. The van der Waals surface area contributed by atoms with Gasteiger partial charge in [0.25, 0.3) is 5.91 Å². The van der Waals surface area contributed by atoms with Crippen molar-refractivity contribution < 1.29 is 4.79 Å². The fourth-order valence-corrected chi connectivity index (χ4v) is 2.28. The minimum Gasteiger partial charge on any atom is -0.360 e. The third kappa shape index (κ3) is 2.32. The highest BCUT2D eigenvalue weighted by atomic mass is 16.2. The standard InChI is InChI=1S/C17H15N3O/c1-12-14-9-5-6-10-16(14)19-11-15(12)17(21)20(18)13-7-3-2-4-8-13/h2-11,19H,1,18H2. The van der Waals surface area contributed by atoms with Crippen molar-refractivity contribution in [1.82, 2.24) is 0 Å². The fraction of sp³-hybridized carbons (Fsp3) is 0. The molecule has 0 radical (unpaired) electrons. The van der Waals surface area contributed by atoms with Crippen molar-refractivity contribution in [2.45, 2.75) is 0 Å². The molecule has 4 nitrogen and oxygen atoms in total. The highest BCUT2D eigenvalue weighted by molar-refractivity contribution is 6.17. The summed E-state index contributed by atoms with van der Waals surface area (Å²) in [4.78, 5) is 12.6. The Bertz CT molecular complexity index is 735. The molecule has 3 rings (SSSR count). The van der Waals surface area contributed by atoms with Crippen LogP contribution in [0.1, 0.15) is 5.56 Å². The number of hydrogen-bond donors (Lipinski definition) is 2. The molecular formula is C17H15N3O. The van der Waals surface area contributed by atoms with E-state index < -0.39 is 0 Å². The summed E-state index contributed by atoms with van der Waals surface area (Å²) in [5.74, 6) is 5.63. The first kappa shape index (κ1) is 13.1. The predicted molar refractivity (Wildman–Crippen MR) is 85.3 cm³/mol. The number of hydrazine groups is 1. The number of nitrogens with two attached hydrogens (primary N) is 1. The van der Waals surface area contributed by atoms with Gasteiger partial charge in [-0.15, -0.1) is 0 Å². The average molecular weight is 277 g/mol. The van der Waals surface area contributed by atoms with E-state index in [2.05, 4.69) is 11.9 Å². The number of carbonyl (C=O) groups excluding carboxylic acids is 1. The Morgan fingerprint density at radius 2 is 1.71 bits per heavy atom. The molecule has 0 aliphatic carbocycles. The zero-order chi connectivity index (χ0) is 14.8. The van der Waals surface area contributed by atoms with Crippen molar-refractivity contribution in [2.24, 2.45) is 5.84 Å². The maximum atomic E-state index is 12.6. The number of amides is 1. The Hall–Kier alpha value is -2.85. The summed E-state index contributed by atoms with van der Waals surface area (Å²) in [6.07, 6.45) is 1.65. The third-order valence-corrected chi connectivity index (χ3v) is 3.43. The van der Waals surface area contributed by atoms with E-state index in [4.69, 9.17) is 5.84 Å². The van der Waals surface area contributed by atoms with Crippen LogP contribution < -0.4 is 16.2 Å². The normalized spacial score (nSPS) is 13.0. The first-order valence-corrected chi connectivity index (χ1v) is 6.58. The molecule has 0 saturated heterocycles. The molecule has 0 aromatic heterocycles. The molecule has 104 valence electrons. The van der Waals surface area contributed by atoms with Crippen LogP contribution in [0.15, 0.2) is 72.9 Å². The Labute approximate surface area is 123 Å². The smallest absolute Gasteiger partial charge is 0.274 e. The predicted octanol–water partition coefficient (Wildman–Crippen LogP) is 2.92. The maximum Gasteiger partial charge on any atom is 0.274 e. The van der Waals surface area contributed by atoms with E-state index in [-0.39, 0.29) is 5.91 Å². The highest BCUT2D eigenvalue weighted by Crippen LogP contribution is 2.33. The number of benzene rings is 2. The van der Waals surface area contributed by atoms with Crippen molar-refractivity contribution in [3.63, 3.8) is 0 Å². The van der Waals surface area contributed by atoms with Crippen molar-refractivity contribution in [3.8, 4) is 0 Å². The van der Waals surface area contributed by atoms with Gasteiger partial charge in [0, 0.05) is 17.5 Å². The molecule has 3 N–H and O–H groups in total. The van der Waals surface area contributed by atoms with E-state index >= 15 is 0 Å². The molecule has 0 fully saturated rings. The van der Waals surface area contributed by atoms with E-state index in [1.165, 1.54) is 0 Å². The Kier molecular flexibility index (Phi) is 3.30. The zero-order valence-corrected chi connectivity index (χ0v) is 11.4. The van der Waals surface area contributed by atoms with Crippen LogP contribution in [-0.4, -0.2) is 5.91 Å². The van der Waals surface area contributed by atoms with Crippen LogP contribution in [0.2, 0.25) is 0 Å². The van der Waals surface area contributed by atoms with E-state index in [0.29, 0.717) is 16.8 Å². The molecule has 1 amide bonds. The summed E-state index contributed by atoms with van der Waals surface area (Å²) in [6, 6.07) is 16.8. The van der Waals surface area contributed by atoms with Crippen LogP contribution in [0.25, 0.3) is 5.57 Å². The Morgan fingerprint density at radius 1 is 1.05 bits per heavy atom. The van der Waals surface area contributed by atoms with E-state index in [9.17, 15) is 4.79 Å². The molecular weight excluding hydrogens is 262 g/mol. The molecule has 1 aliphatic heterocycles. The van der Waals surface area contributed by atoms with Gasteiger partial charge in [0.2, 0.25) is 0 Å². The summed E-state index contributed by atoms with van der Waals surface area (Å²) in [5, 5.41) is 4.24. The lowest BCUT2D eigenvalue weighted by Crippen LogP contribution is -2.39. The van der Waals surface area contributed by atoms with Crippen LogP contribution in [-0.2, 0) is 4.79 Å². The number of rotatable bonds is 2. The number of nitrogens with zero attached hydrogens (tertiary/aromatic N) is 1. The van der Waals surface area contributed by atoms with E-state index in [1.54, 1.807) is 18.3 Å². The van der Waals surface area contributed by atoms with Crippen LogP contribution in [0.3, 0.4) is 0 Å². The average Bonchev–Trinajstić information content (AvgIpc) is 2.55. The van der Waals surface area contributed by atoms with Crippen LogP contribution >= 0.6 is 0 Å². The number of nitrogens with one attached hydrogen (secondary N) is 1. The molecule has 0 bridgehead atoms. The van der Waals surface area contributed by atoms with Crippen molar-refractivity contribution in [2.75, 3.05) is 10.3 Å². The molecule has 2 aromatic rings. The summed E-state index contributed by atoms with van der Waals surface area (Å²) in [7, 11) is 0. The zero-order valence-electron chi connectivity index (χ0n) is 11.4. The quantitative estimate of drug-likeness (QED) is 0.504. The molecule has 1 heterocycles. The second kappa shape index (κ2) is 5.26. The Morgan fingerprint density at radius 3 is 2.48 bits per heavy atom. The summed E-state index contributed by atoms with van der Waals surface area (Å²) >= 11 is 0. The fourth-order valence-electron chi connectivity index (χ4n) is 2.28. The maximum absolute atomic E-state index is 12.6.